The van der Waals surface area contributed by atoms with Gasteiger partial charge < -0.3 is 24.3 Å². The zero-order valence-corrected chi connectivity index (χ0v) is 15.9. The van der Waals surface area contributed by atoms with Crippen molar-refractivity contribution in [2.75, 3.05) is 14.2 Å². The third-order valence-corrected chi connectivity index (χ3v) is 5.00. The number of aromatic nitrogens is 1. The first-order chi connectivity index (χ1) is 11.3. The largest absolute Gasteiger partial charge is 0.496 e. The fraction of sp³-hybridized carbons (Fsp3) is 0.267. The van der Waals surface area contributed by atoms with E-state index in [0.29, 0.717) is 27.1 Å². The third kappa shape index (κ3) is 3.35. The zero-order chi connectivity index (χ0) is 18.0. The van der Waals surface area contributed by atoms with Crippen LogP contribution in [0.3, 0.4) is 0 Å². The summed E-state index contributed by atoms with van der Waals surface area (Å²) in [5.41, 5.74) is 0.990. The molecule has 2 N–H and O–H groups in total. The van der Waals surface area contributed by atoms with Crippen LogP contribution in [0.5, 0.6) is 11.5 Å². The first-order valence-corrected chi connectivity index (χ1v) is 8.21. The molecule has 0 aliphatic heterocycles. The molecule has 1 aromatic carbocycles. The van der Waals surface area contributed by atoms with E-state index in [2.05, 4.69) is 15.9 Å². The summed E-state index contributed by atoms with van der Waals surface area (Å²) in [6, 6.07) is 2.95. The summed E-state index contributed by atoms with van der Waals surface area (Å²) in [5, 5.41) is 19.2. The van der Waals surface area contributed by atoms with Crippen LogP contribution in [-0.2, 0) is 13.2 Å². The molecule has 0 unspecified atom stereocenters. The van der Waals surface area contributed by atoms with E-state index in [9.17, 15) is 15.0 Å². The lowest BCUT2D eigenvalue weighted by molar-refractivity contribution is 0.0685. The van der Waals surface area contributed by atoms with Gasteiger partial charge in [-0.05, 0) is 12.1 Å². The van der Waals surface area contributed by atoms with Crippen LogP contribution in [0.1, 0.15) is 21.6 Å². The number of carbonyl (C=O) groups is 1. The van der Waals surface area contributed by atoms with Crippen molar-refractivity contribution in [1.82, 2.24) is 4.57 Å². The Balaban J connectivity index is 2.65. The SMILES string of the molecule is COc1cc(Br)c(Cn2c(C(=O)O)cc(Cl)c2Cl)c(OC)c1CO. The molecule has 24 heavy (non-hydrogen) atoms. The summed E-state index contributed by atoms with van der Waals surface area (Å²) in [4.78, 5) is 11.4. The van der Waals surface area contributed by atoms with E-state index >= 15 is 0 Å². The van der Waals surface area contributed by atoms with Crippen LogP contribution >= 0.6 is 39.1 Å². The molecule has 0 aliphatic rings. The van der Waals surface area contributed by atoms with Gasteiger partial charge in [0.25, 0.3) is 0 Å². The van der Waals surface area contributed by atoms with E-state index in [-0.39, 0.29) is 29.0 Å². The van der Waals surface area contributed by atoms with Gasteiger partial charge in [0.1, 0.15) is 22.3 Å². The number of methoxy groups -OCH3 is 2. The summed E-state index contributed by atoms with van der Waals surface area (Å²) < 4.78 is 12.6. The van der Waals surface area contributed by atoms with Crippen molar-refractivity contribution in [2.45, 2.75) is 13.2 Å². The Bertz CT molecular complexity index is 791. The van der Waals surface area contributed by atoms with E-state index in [1.165, 1.54) is 24.9 Å². The Morgan fingerprint density at radius 2 is 1.92 bits per heavy atom. The van der Waals surface area contributed by atoms with E-state index in [1.807, 2.05) is 0 Å². The molecule has 0 fully saturated rings. The Hall–Kier alpha value is -1.41. The predicted octanol–water partition coefficient (Wildman–Crippen LogP) is 3.81. The number of aliphatic hydroxyl groups is 1. The number of carboxylic acids is 1. The molecule has 0 amide bonds. The van der Waals surface area contributed by atoms with E-state index in [0.717, 1.165) is 0 Å². The highest BCUT2D eigenvalue weighted by Crippen LogP contribution is 2.39. The summed E-state index contributed by atoms with van der Waals surface area (Å²) >= 11 is 15.5. The standard InChI is InChI=1S/C15H14BrCl2NO5/c1-23-12-3-9(16)7(13(24-2)8(12)6-20)5-19-11(15(21)22)4-10(17)14(19)18/h3-4,20H,5-6H2,1-2H3,(H,21,22). The third-order valence-electron chi connectivity index (χ3n) is 3.50. The second kappa shape index (κ2) is 7.65. The summed E-state index contributed by atoms with van der Waals surface area (Å²) in [6.45, 7) is -0.230. The summed E-state index contributed by atoms with van der Waals surface area (Å²) in [5.74, 6) is -0.337. The number of halogens is 3. The van der Waals surface area contributed by atoms with Gasteiger partial charge in [-0.1, -0.05) is 39.1 Å². The topological polar surface area (TPSA) is 80.9 Å². The van der Waals surface area contributed by atoms with Gasteiger partial charge in [-0.25, -0.2) is 4.79 Å². The van der Waals surface area contributed by atoms with Crippen molar-refractivity contribution >= 4 is 45.1 Å². The minimum Gasteiger partial charge on any atom is -0.496 e. The lowest BCUT2D eigenvalue weighted by Gasteiger charge is -2.19. The van der Waals surface area contributed by atoms with E-state index in [1.54, 1.807) is 6.07 Å². The Kier molecular flexibility index (Phi) is 6.03. The molecule has 6 nitrogen and oxygen atoms in total. The molecule has 1 heterocycles. The van der Waals surface area contributed by atoms with E-state index < -0.39 is 5.97 Å². The number of hydrogen-bond donors (Lipinski definition) is 2. The monoisotopic (exact) mass is 437 g/mol. The smallest absolute Gasteiger partial charge is 0.352 e. The molecule has 0 saturated heterocycles. The number of rotatable bonds is 6. The van der Waals surface area contributed by atoms with Crippen LogP contribution in [-0.4, -0.2) is 35.0 Å². The molecule has 1 aromatic heterocycles. The van der Waals surface area contributed by atoms with Gasteiger partial charge >= 0.3 is 5.97 Å². The minimum atomic E-state index is -1.16. The van der Waals surface area contributed by atoms with Crippen LogP contribution in [0.2, 0.25) is 10.2 Å². The van der Waals surface area contributed by atoms with Gasteiger partial charge in [0.05, 0.1) is 38.0 Å². The molecule has 0 saturated carbocycles. The van der Waals surface area contributed by atoms with Crippen LogP contribution in [0, 0.1) is 0 Å². The predicted molar refractivity (Wildman–Crippen MR) is 93.7 cm³/mol. The molecule has 0 atom stereocenters. The van der Waals surface area contributed by atoms with Crippen LogP contribution in [0.15, 0.2) is 16.6 Å². The second-order valence-electron chi connectivity index (χ2n) is 4.77. The Morgan fingerprint density at radius 3 is 2.42 bits per heavy atom. The zero-order valence-electron chi connectivity index (χ0n) is 12.8. The number of aliphatic hydroxyl groups excluding tert-OH is 1. The van der Waals surface area contributed by atoms with Crippen molar-refractivity contribution in [3.63, 3.8) is 0 Å². The van der Waals surface area contributed by atoms with Crippen molar-refractivity contribution in [3.05, 3.63) is 43.6 Å². The molecule has 2 aromatic rings. The summed E-state index contributed by atoms with van der Waals surface area (Å²) in [6.07, 6.45) is 0. The maximum absolute atomic E-state index is 11.4. The average molecular weight is 439 g/mol. The molecule has 0 radical (unpaired) electrons. The van der Waals surface area contributed by atoms with Crippen molar-refractivity contribution in [3.8, 4) is 11.5 Å². The first-order valence-electron chi connectivity index (χ1n) is 6.66. The van der Waals surface area contributed by atoms with Gasteiger partial charge in [0.15, 0.2) is 0 Å². The number of hydrogen-bond acceptors (Lipinski definition) is 4. The molecule has 9 heteroatoms. The summed E-state index contributed by atoms with van der Waals surface area (Å²) in [7, 11) is 2.93. The average Bonchev–Trinajstić information content (AvgIpc) is 2.84. The normalized spacial score (nSPS) is 10.8. The fourth-order valence-corrected chi connectivity index (χ4v) is 3.32. The number of carboxylic acid groups (broad SMARTS) is 1. The minimum absolute atomic E-state index is 0.0553. The maximum Gasteiger partial charge on any atom is 0.352 e. The molecule has 2 rings (SSSR count). The Labute approximate surface area is 156 Å². The second-order valence-corrected chi connectivity index (χ2v) is 6.39. The first kappa shape index (κ1) is 18.9. The van der Waals surface area contributed by atoms with Crippen molar-refractivity contribution in [2.24, 2.45) is 0 Å². The molecule has 0 aliphatic carbocycles. The van der Waals surface area contributed by atoms with E-state index in [4.69, 9.17) is 32.7 Å². The molecular weight excluding hydrogens is 425 g/mol. The molecule has 130 valence electrons. The molecular formula is C15H14BrCl2NO5. The highest BCUT2D eigenvalue weighted by Gasteiger charge is 2.23. The van der Waals surface area contributed by atoms with Crippen molar-refractivity contribution in [1.29, 1.82) is 0 Å². The van der Waals surface area contributed by atoms with Crippen LogP contribution < -0.4 is 9.47 Å². The van der Waals surface area contributed by atoms with Crippen LogP contribution in [0.4, 0.5) is 0 Å². The number of aromatic carboxylic acids is 1. The van der Waals surface area contributed by atoms with Gasteiger partial charge in [-0.3, -0.25) is 0 Å². The maximum atomic E-state index is 11.4. The fourth-order valence-electron chi connectivity index (χ4n) is 2.40. The lowest BCUT2D eigenvalue weighted by atomic mass is 10.1. The molecule has 0 spiro atoms. The Morgan fingerprint density at radius 1 is 1.25 bits per heavy atom. The van der Waals surface area contributed by atoms with Crippen LogP contribution in [0.25, 0.3) is 0 Å². The number of benzene rings is 1. The quantitative estimate of drug-likeness (QED) is 0.716. The highest BCUT2D eigenvalue weighted by molar-refractivity contribution is 9.10. The van der Waals surface area contributed by atoms with Gasteiger partial charge in [-0.15, -0.1) is 0 Å². The number of ether oxygens (including phenoxy) is 2. The van der Waals surface area contributed by atoms with Gasteiger partial charge in [-0.2, -0.15) is 0 Å². The van der Waals surface area contributed by atoms with Crippen molar-refractivity contribution < 1.29 is 24.5 Å². The lowest BCUT2D eigenvalue weighted by Crippen LogP contribution is -2.12. The van der Waals surface area contributed by atoms with Gasteiger partial charge in [0, 0.05) is 10.0 Å². The van der Waals surface area contributed by atoms with Gasteiger partial charge in [0.2, 0.25) is 0 Å². The highest BCUT2D eigenvalue weighted by atomic mass is 79.9. The number of nitrogens with zero attached hydrogens (tertiary/aromatic N) is 1. The molecule has 0 bridgehead atoms.